The molecular formula is C13H18N2O. The lowest BCUT2D eigenvalue weighted by atomic mass is 10.1. The van der Waals surface area contributed by atoms with Crippen molar-refractivity contribution in [1.29, 1.82) is 0 Å². The van der Waals surface area contributed by atoms with E-state index >= 15 is 0 Å². The SMILES string of the molecule is Cc1ccc(C2COC(CC(C)N)=N2)cc1. The molecule has 0 saturated heterocycles. The molecule has 1 aliphatic rings. The molecule has 1 aliphatic heterocycles. The zero-order valence-corrected chi connectivity index (χ0v) is 9.81. The number of nitrogens with zero attached hydrogens (tertiary/aromatic N) is 1. The Morgan fingerprint density at radius 2 is 2.12 bits per heavy atom. The monoisotopic (exact) mass is 218 g/mol. The van der Waals surface area contributed by atoms with Crippen LogP contribution in [0.15, 0.2) is 29.3 Å². The Kier molecular flexibility index (Phi) is 3.25. The summed E-state index contributed by atoms with van der Waals surface area (Å²) in [5, 5.41) is 0. The van der Waals surface area contributed by atoms with Crippen molar-refractivity contribution < 1.29 is 4.74 Å². The lowest BCUT2D eigenvalue weighted by Gasteiger charge is -2.05. The number of hydrogen-bond acceptors (Lipinski definition) is 3. The quantitative estimate of drug-likeness (QED) is 0.845. The van der Waals surface area contributed by atoms with Gasteiger partial charge < -0.3 is 10.5 Å². The first-order valence-corrected chi connectivity index (χ1v) is 5.67. The van der Waals surface area contributed by atoms with Gasteiger partial charge in [0.2, 0.25) is 0 Å². The number of aliphatic imine (C=N–C) groups is 1. The van der Waals surface area contributed by atoms with Crippen LogP contribution in [0.5, 0.6) is 0 Å². The van der Waals surface area contributed by atoms with Gasteiger partial charge in [-0.2, -0.15) is 0 Å². The first-order chi connectivity index (χ1) is 7.65. The Hall–Kier alpha value is -1.35. The molecule has 2 unspecified atom stereocenters. The van der Waals surface area contributed by atoms with Gasteiger partial charge in [0.25, 0.3) is 0 Å². The van der Waals surface area contributed by atoms with Crippen LogP contribution in [-0.2, 0) is 4.74 Å². The number of benzene rings is 1. The molecule has 0 aromatic heterocycles. The topological polar surface area (TPSA) is 47.6 Å². The molecule has 0 amide bonds. The summed E-state index contributed by atoms with van der Waals surface area (Å²) in [6.45, 7) is 4.69. The maximum Gasteiger partial charge on any atom is 0.185 e. The number of rotatable bonds is 3. The van der Waals surface area contributed by atoms with Gasteiger partial charge in [-0.05, 0) is 19.4 Å². The molecule has 1 aromatic carbocycles. The summed E-state index contributed by atoms with van der Waals surface area (Å²) in [6, 6.07) is 8.69. The van der Waals surface area contributed by atoms with Gasteiger partial charge in [0.15, 0.2) is 5.90 Å². The van der Waals surface area contributed by atoms with E-state index < -0.39 is 0 Å². The molecule has 0 aliphatic carbocycles. The smallest absolute Gasteiger partial charge is 0.185 e. The van der Waals surface area contributed by atoms with Gasteiger partial charge in [-0.1, -0.05) is 29.8 Å². The molecular weight excluding hydrogens is 200 g/mol. The van der Waals surface area contributed by atoms with Crippen molar-refractivity contribution in [3.8, 4) is 0 Å². The van der Waals surface area contributed by atoms with Crippen LogP contribution in [0, 0.1) is 6.92 Å². The molecule has 1 aromatic rings. The molecule has 2 atom stereocenters. The van der Waals surface area contributed by atoms with E-state index in [-0.39, 0.29) is 12.1 Å². The highest BCUT2D eigenvalue weighted by atomic mass is 16.5. The van der Waals surface area contributed by atoms with Crippen molar-refractivity contribution in [3.05, 3.63) is 35.4 Å². The normalized spacial score (nSPS) is 21.4. The van der Waals surface area contributed by atoms with E-state index in [2.05, 4.69) is 36.2 Å². The number of nitrogens with two attached hydrogens (primary N) is 1. The number of hydrogen-bond donors (Lipinski definition) is 1. The molecule has 0 spiro atoms. The van der Waals surface area contributed by atoms with Gasteiger partial charge in [0.1, 0.15) is 12.6 Å². The predicted molar refractivity (Wildman–Crippen MR) is 65.6 cm³/mol. The molecule has 0 saturated carbocycles. The maximum atomic E-state index is 5.72. The number of ether oxygens (including phenoxy) is 1. The van der Waals surface area contributed by atoms with Crippen molar-refractivity contribution in [2.75, 3.05) is 6.61 Å². The van der Waals surface area contributed by atoms with Crippen LogP contribution >= 0.6 is 0 Å². The van der Waals surface area contributed by atoms with Gasteiger partial charge in [-0.25, -0.2) is 4.99 Å². The van der Waals surface area contributed by atoms with E-state index in [1.165, 1.54) is 11.1 Å². The Bertz CT molecular complexity index is 381. The largest absolute Gasteiger partial charge is 0.478 e. The summed E-state index contributed by atoms with van der Waals surface area (Å²) in [4.78, 5) is 4.54. The second kappa shape index (κ2) is 4.66. The van der Waals surface area contributed by atoms with Crippen LogP contribution in [-0.4, -0.2) is 18.5 Å². The van der Waals surface area contributed by atoms with E-state index in [1.807, 2.05) is 6.92 Å². The molecule has 86 valence electrons. The fraction of sp³-hybridized carbons (Fsp3) is 0.462. The van der Waals surface area contributed by atoms with Gasteiger partial charge in [-0.15, -0.1) is 0 Å². The summed E-state index contributed by atoms with van der Waals surface area (Å²) in [5.41, 5.74) is 8.19. The van der Waals surface area contributed by atoms with E-state index in [4.69, 9.17) is 10.5 Å². The highest BCUT2D eigenvalue weighted by molar-refractivity contribution is 5.78. The molecule has 2 N–H and O–H groups in total. The molecule has 3 nitrogen and oxygen atoms in total. The van der Waals surface area contributed by atoms with E-state index in [1.54, 1.807) is 0 Å². The average molecular weight is 218 g/mol. The highest BCUT2D eigenvalue weighted by Crippen LogP contribution is 2.24. The minimum absolute atomic E-state index is 0.107. The molecule has 0 fully saturated rings. The van der Waals surface area contributed by atoms with Crippen molar-refractivity contribution in [3.63, 3.8) is 0 Å². The molecule has 0 radical (unpaired) electrons. The van der Waals surface area contributed by atoms with Gasteiger partial charge in [-0.3, -0.25) is 0 Å². The number of aryl methyl sites for hydroxylation is 1. The minimum Gasteiger partial charge on any atom is -0.478 e. The highest BCUT2D eigenvalue weighted by Gasteiger charge is 2.20. The minimum atomic E-state index is 0.107. The van der Waals surface area contributed by atoms with Gasteiger partial charge in [0, 0.05) is 12.5 Å². The van der Waals surface area contributed by atoms with E-state index in [0.717, 1.165) is 12.3 Å². The zero-order chi connectivity index (χ0) is 11.5. The third-order valence-electron chi connectivity index (χ3n) is 2.67. The van der Waals surface area contributed by atoms with Gasteiger partial charge >= 0.3 is 0 Å². The van der Waals surface area contributed by atoms with E-state index in [9.17, 15) is 0 Å². The second-order valence-electron chi connectivity index (χ2n) is 4.44. The molecule has 16 heavy (non-hydrogen) atoms. The maximum absolute atomic E-state index is 5.72. The van der Waals surface area contributed by atoms with Crippen LogP contribution in [0.25, 0.3) is 0 Å². The summed E-state index contributed by atoms with van der Waals surface area (Å²) in [6.07, 6.45) is 0.725. The standard InChI is InChI=1S/C13H18N2O/c1-9-3-5-11(6-4-9)12-8-16-13(15-12)7-10(2)14/h3-6,10,12H,7-8,14H2,1-2H3. The Morgan fingerprint density at radius 1 is 1.44 bits per heavy atom. The fourth-order valence-electron chi connectivity index (χ4n) is 1.77. The van der Waals surface area contributed by atoms with E-state index in [0.29, 0.717) is 6.61 Å². The van der Waals surface area contributed by atoms with Crippen molar-refractivity contribution in [2.24, 2.45) is 10.7 Å². The van der Waals surface area contributed by atoms with Crippen LogP contribution < -0.4 is 5.73 Å². The molecule has 0 bridgehead atoms. The Balaban J connectivity index is 2.07. The Morgan fingerprint density at radius 3 is 2.75 bits per heavy atom. The third kappa shape index (κ3) is 2.61. The van der Waals surface area contributed by atoms with Crippen LogP contribution in [0.1, 0.15) is 30.5 Å². The van der Waals surface area contributed by atoms with Crippen LogP contribution in [0.3, 0.4) is 0 Å². The second-order valence-corrected chi connectivity index (χ2v) is 4.44. The van der Waals surface area contributed by atoms with Crippen molar-refractivity contribution >= 4 is 5.90 Å². The first kappa shape index (κ1) is 11.1. The van der Waals surface area contributed by atoms with Gasteiger partial charge in [0.05, 0.1) is 0 Å². The van der Waals surface area contributed by atoms with Crippen molar-refractivity contribution in [2.45, 2.75) is 32.4 Å². The molecule has 1 heterocycles. The van der Waals surface area contributed by atoms with Crippen molar-refractivity contribution in [1.82, 2.24) is 0 Å². The fourth-order valence-corrected chi connectivity index (χ4v) is 1.77. The summed E-state index contributed by atoms with van der Waals surface area (Å²) >= 11 is 0. The predicted octanol–water partition coefficient (Wildman–Crippen LogP) is 2.20. The lowest BCUT2D eigenvalue weighted by molar-refractivity contribution is 0.309. The summed E-state index contributed by atoms with van der Waals surface area (Å²) < 4.78 is 5.53. The first-order valence-electron chi connectivity index (χ1n) is 5.67. The molecule has 2 rings (SSSR count). The van der Waals surface area contributed by atoms with Crippen LogP contribution in [0.2, 0.25) is 0 Å². The Labute approximate surface area is 96.3 Å². The summed E-state index contributed by atoms with van der Waals surface area (Å²) in [7, 11) is 0. The lowest BCUT2D eigenvalue weighted by Crippen LogP contribution is -2.19. The summed E-state index contributed by atoms with van der Waals surface area (Å²) in [5.74, 6) is 0.792. The zero-order valence-electron chi connectivity index (χ0n) is 9.81. The van der Waals surface area contributed by atoms with Crippen LogP contribution in [0.4, 0.5) is 0 Å². The third-order valence-corrected chi connectivity index (χ3v) is 2.67. The molecule has 3 heteroatoms. The average Bonchev–Trinajstić information content (AvgIpc) is 2.66.